The summed E-state index contributed by atoms with van der Waals surface area (Å²) >= 11 is 0. The summed E-state index contributed by atoms with van der Waals surface area (Å²) in [6, 6.07) is 2.69. The molecular formula is C23H29NO5. The molecule has 156 valence electrons. The van der Waals surface area contributed by atoms with Gasteiger partial charge in [0.05, 0.1) is 6.61 Å². The standard InChI is InChI=1S/C23H29NO5/c1-4-27-20(25)10-9-18-14(2)19-11-16-12-24(17-7-5-6-8-17)13-28-21(16)15(3)22(19)29-23(18)26/h11,17H,4-10,12-13H2,1-3H3. The first kappa shape index (κ1) is 20.0. The van der Waals surface area contributed by atoms with E-state index in [1.54, 1.807) is 6.92 Å². The summed E-state index contributed by atoms with van der Waals surface area (Å²) in [5.74, 6) is 0.544. The second-order valence-electron chi connectivity index (χ2n) is 8.12. The lowest BCUT2D eigenvalue weighted by atomic mass is 9.97. The molecule has 1 aliphatic heterocycles. The number of hydrogen-bond donors (Lipinski definition) is 0. The molecule has 0 bridgehead atoms. The minimum absolute atomic E-state index is 0.174. The van der Waals surface area contributed by atoms with Crippen LogP contribution in [0.2, 0.25) is 0 Å². The van der Waals surface area contributed by atoms with E-state index in [4.69, 9.17) is 13.9 Å². The van der Waals surface area contributed by atoms with Gasteiger partial charge in [0.2, 0.25) is 0 Å². The van der Waals surface area contributed by atoms with E-state index < -0.39 is 0 Å². The molecule has 1 saturated carbocycles. The summed E-state index contributed by atoms with van der Waals surface area (Å²) in [5.41, 5.74) is 3.65. The zero-order valence-electron chi connectivity index (χ0n) is 17.5. The second kappa shape index (κ2) is 8.19. The molecule has 6 nitrogen and oxygen atoms in total. The maximum atomic E-state index is 12.6. The maximum Gasteiger partial charge on any atom is 0.339 e. The number of aryl methyl sites for hydroxylation is 2. The van der Waals surface area contributed by atoms with Crippen LogP contribution in [0.1, 0.15) is 61.3 Å². The fraction of sp³-hybridized carbons (Fsp3) is 0.565. The molecule has 2 aliphatic rings. The Hall–Kier alpha value is -2.34. The van der Waals surface area contributed by atoms with Crippen molar-refractivity contribution in [1.82, 2.24) is 4.90 Å². The van der Waals surface area contributed by atoms with Gasteiger partial charge in [0.25, 0.3) is 0 Å². The lowest BCUT2D eigenvalue weighted by molar-refractivity contribution is -0.143. The van der Waals surface area contributed by atoms with Gasteiger partial charge in [-0.1, -0.05) is 12.8 Å². The van der Waals surface area contributed by atoms with E-state index in [2.05, 4.69) is 11.0 Å². The van der Waals surface area contributed by atoms with Crippen molar-refractivity contribution in [1.29, 1.82) is 0 Å². The number of carbonyl (C=O) groups excluding carboxylic acids is 1. The predicted octanol–water partition coefficient (Wildman–Crippen LogP) is 4.00. The van der Waals surface area contributed by atoms with Crippen molar-refractivity contribution in [3.8, 4) is 5.75 Å². The molecule has 1 fully saturated rings. The minimum atomic E-state index is -0.384. The monoisotopic (exact) mass is 399 g/mol. The maximum absolute atomic E-state index is 12.6. The van der Waals surface area contributed by atoms with Crippen LogP contribution in [-0.2, 0) is 22.5 Å². The first-order valence-electron chi connectivity index (χ1n) is 10.6. The summed E-state index contributed by atoms with van der Waals surface area (Å²) in [4.78, 5) is 26.7. The Balaban J connectivity index is 1.69. The molecule has 29 heavy (non-hydrogen) atoms. The average Bonchev–Trinajstić information content (AvgIpc) is 3.24. The van der Waals surface area contributed by atoms with Crippen molar-refractivity contribution in [2.24, 2.45) is 0 Å². The highest BCUT2D eigenvalue weighted by molar-refractivity contribution is 5.87. The smallest absolute Gasteiger partial charge is 0.339 e. The second-order valence-corrected chi connectivity index (χ2v) is 8.12. The van der Waals surface area contributed by atoms with E-state index >= 15 is 0 Å². The molecule has 2 heterocycles. The van der Waals surface area contributed by atoms with E-state index in [0.29, 0.717) is 36.9 Å². The molecule has 0 saturated heterocycles. The van der Waals surface area contributed by atoms with Crippen LogP contribution in [0.15, 0.2) is 15.3 Å². The predicted molar refractivity (Wildman–Crippen MR) is 110 cm³/mol. The van der Waals surface area contributed by atoms with E-state index in [9.17, 15) is 9.59 Å². The van der Waals surface area contributed by atoms with Gasteiger partial charge in [-0.25, -0.2) is 4.79 Å². The molecule has 0 N–H and O–H groups in total. The molecule has 1 aromatic heterocycles. The fourth-order valence-electron chi connectivity index (χ4n) is 4.72. The number of hydrogen-bond acceptors (Lipinski definition) is 6. The molecule has 6 heteroatoms. The van der Waals surface area contributed by atoms with Crippen molar-refractivity contribution in [3.63, 3.8) is 0 Å². The number of rotatable bonds is 5. The fourth-order valence-corrected chi connectivity index (χ4v) is 4.72. The topological polar surface area (TPSA) is 69.0 Å². The van der Waals surface area contributed by atoms with Gasteiger partial charge in [-0.15, -0.1) is 0 Å². The Morgan fingerprint density at radius 2 is 2.00 bits per heavy atom. The molecule has 0 amide bonds. The van der Waals surface area contributed by atoms with Gasteiger partial charge in [0.1, 0.15) is 18.1 Å². The first-order valence-corrected chi connectivity index (χ1v) is 10.6. The zero-order valence-corrected chi connectivity index (χ0v) is 17.5. The molecule has 1 aliphatic carbocycles. The molecule has 0 unspecified atom stereocenters. The number of esters is 1. The van der Waals surface area contributed by atoms with Crippen molar-refractivity contribution in [2.75, 3.05) is 13.3 Å². The third-order valence-electron chi connectivity index (χ3n) is 6.31. The molecule has 1 aromatic carbocycles. The minimum Gasteiger partial charge on any atom is -0.477 e. The van der Waals surface area contributed by atoms with E-state index in [1.807, 2.05) is 13.8 Å². The third kappa shape index (κ3) is 3.78. The van der Waals surface area contributed by atoms with Crippen LogP contribution in [0.5, 0.6) is 5.75 Å². The summed E-state index contributed by atoms with van der Waals surface area (Å²) < 4.78 is 16.8. The van der Waals surface area contributed by atoms with Crippen LogP contribution in [0.4, 0.5) is 0 Å². The molecule has 0 atom stereocenters. The number of carbonyl (C=O) groups is 1. The van der Waals surface area contributed by atoms with Crippen LogP contribution >= 0.6 is 0 Å². The van der Waals surface area contributed by atoms with Gasteiger partial charge in [0.15, 0.2) is 0 Å². The number of nitrogens with zero attached hydrogens (tertiary/aromatic N) is 1. The molecule has 0 radical (unpaired) electrons. The summed E-state index contributed by atoms with van der Waals surface area (Å²) in [6.07, 6.45) is 5.54. The Kier molecular flexibility index (Phi) is 5.63. The highest BCUT2D eigenvalue weighted by Gasteiger charge is 2.29. The largest absolute Gasteiger partial charge is 0.477 e. The summed E-state index contributed by atoms with van der Waals surface area (Å²) in [5, 5.41) is 0.927. The quantitative estimate of drug-likeness (QED) is 0.559. The molecular weight excluding hydrogens is 370 g/mol. The molecule has 4 rings (SSSR count). The van der Waals surface area contributed by atoms with Gasteiger partial charge in [-0.2, -0.15) is 0 Å². The number of ether oxygens (including phenoxy) is 2. The van der Waals surface area contributed by atoms with Crippen LogP contribution in [0.3, 0.4) is 0 Å². The van der Waals surface area contributed by atoms with Crippen LogP contribution < -0.4 is 10.4 Å². The number of benzene rings is 1. The van der Waals surface area contributed by atoms with Gasteiger partial charge < -0.3 is 13.9 Å². The van der Waals surface area contributed by atoms with Crippen molar-refractivity contribution < 1.29 is 18.7 Å². The van der Waals surface area contributed by atoms with Gasteiger partial charge in [-0.05, 0) is 51.7 Å². The van der Waals surface area contributed by atoms with Crippen LogP contribution in [0, 0.1) is 13.8 Å². The lowest BCUT2D eigenvalue weighted by Gasteiger charge is -2.34. The number of fused-ring (bicyclic) bond motifs is 2. The van der Waals surface area contributed by atoms with Gasteiger partial charge >= 0.3 is 11.6 Å². The van der Waals surface area contributed by atoms with E-state index in [1.165, 1.54) is 25.7 Å². The normalized spacial score (nSPS) is 17.3. The summed E-state index contributed by atoms with van der Waals surface area (Å²) in [7, 11) is 0. The van der Waals surface area contributed by atoms with Crippen molar-refractivity contribution in [2.45, 2.75) is 71.9 Å². The van der Waals surface area contributed by atoms with Crippen LogP contribution in [0.25, 0.3) is 11.0 Å². The summed E-state index contributed by atoms with van der Waals surface area (Å²) in [6.45, 7) is 7.44. The van der Waals surface area contributed by atoms with Crippen molar-refractivity contribution >= 4 is 16.9 Å². The Labute approximate surface area is 170 Å². The Morgan fingerprint density at radius 3 is 2.72 bits per heavy atom. The molecule has 0 spiro atoms. The molecule has 2 aromatic rings. The van der Waals surface area contributed by atoms with Crippen molar-refractivity contribution in [3.05, 3.63) is 38.7 Å². The van der Waals surface area contributed by atoms with Gasteiger partial charge in [-0.3, -0.25) is 9.69 Å². The van der Waals surface area contributed by atoms with E-state index in [-0.39, 0.29) is 18.0 Å². The highest BCUT2D eigenvalue weighted by atomic mass is 16.5. The van der Waals surface area contributed by atoms with Crippen LogP contribution in [-0.4, -0.2) is 30.2 Å². The highest BCUT2D eigenvalue weighted by Crippen LogP contribution is 2.38. The first-order chi connectivity index (χ1) is 14.0. The Bertz CT molecular complexity index is 987. The third-order valence-corrected chi connectivity index (χ3v) is 6.31. The van der Waals surface area contributed by atoms with Gasteiger partial charge in [0, 0.05) is 41.1 Å². The zero-order chi connectivity index (χ0) is 20.5. The Morgan fingerprint density at radius 1 is 1.24 bits per heavy atom. The SMILES string of the molecule is CCOC(=O)CCc1c(C)c2cc3c(c(C)c2oc1=O)OCN(C1CCCC1)C3. The van der Waals surface area contributed by atoms with E-state index in [0.717, 1.165) is 34.4 Å². The average molecular weight is 399 g/mol. The lowest BCUT2D eigenvalue weighted by Crippen LogP contribution is -2.39.